The number of carboxylic acid groups (broad SMARTS) is 1. The molecule has 5 aromatic rings. The lowest BCUT2D eigenvalue weighted by atomic mass is 10.00. The molecule has 1 N–H and O–H groups in total. The van der Waals surface area contributed by atoms with Gasteiger partial charge in [0.15, 0.2) is 11.5 Å². The lowest BCUT2D eigenvalue weighted by Crippen LogP contribution is -2.32. The summed E-state index contributed by atoms with van der Waals surface area (Å²) < 4.78 is 66.1. The van der Waals surface area contributed by atoms with E-state index in [4.69, 9.17) is 25.8 Å². The van der Waals surface area contributed by atoms with Gasteiger partial charge in [0.25, 0.3) is 5.79 Å². The maximum absolute atomic E-state index is 15.8. The average molecular weight is 635 g/mol. The minimum Gasteiger partial charge on any atom is -0.478 e. The van der Waals surface area contributed by atoms with Crippen molar-refractivity contribution < 1.29 is 37.3 Å². The molecule has 2 aliphatic heterocycles. The number of carbonyl (C=O) groups is 1. The fourth-order valence-corrected chi connectivity index (χ4v) is 6.20. The molecule has 0 amide bonds. The lowest BCUT2D eigenvalue weighted by molar-refractivity contribution is -0.0705. The highest BCUT2D eigenvalue weighted by atomic mass is 35.5. The Balaban J connectivity index is 1.23. The molecule has 7 nitrogen and oxygen atoms in total. The predicted octanol–water partition coefficient (Wildman–Crippen LogP) is 7.89. The van der Waals surface area contributed by atoms with Gasteiger partial charge in [-0.2, -0.15) is 0 Å². The highest BCUT2D eigenvalue weighted by Gasteiger charge is 2.42. The normalized spacial score (nSPS) is 19.0. The number of aromatic nitrogens is 2. The van der Waals surface area contributed by atoms with Crippen molar-refractivity contribution >= 4 is 28.6 Å². The molecule has 1 saturated heterocycles. The summed E-state index contributed by atoms with van der Waals surface area (Å²) in [7, 11) is 0. The Morgan fingerprint density at radius 1 is 1.02 bits per heavy atom. The van der Waals surface area contributed by atoms with Gasteiger partial charge < -0.3 is 23.9 Å². The van der Waals surface area contributed by atoms with Crippen molar-refractivity contribution in [3.8, 4) is 22.6 Å². The molecule has 3 heterocycles. The topological polar surface area (TPSA) is 82.8 Å². The minimum atomic E-state index is -1.56. The van der Waals surface area contributed by atoms with Crippen LogP contribution in [0.1, 0.15) is 47.1 Å². The van der Waals surface area contributed by atoms with E-state index in [1.807, 2.05) is 4.57 Å². The summed E-state index contributed by atoms with van der Waals surface area (Å²) in [6.45, 7) is 2.56. The smallest absolute Gasteiger partial charge is 0.335 e. The summed E-state index contributed by atoms with van der Waals surface area (Å²) in [4.78, 5) is 16.3. The van der Waals surface area contributed by atoms with Crippen molar-refractivity contribution in [3.63, 3.8) is 0 Å². The van der Waals surface area contributed by atoms with Crippen LogP contribution >= 0.6 is 11.6 Å². The van der Waals surface area contributed by atoms with Crippen molar-refractivity contribution in [3.05, 3.63) is 112 Å². The van der Waals surface area contributed by atoms with E-state index in [0.29, 0.717) is 30.0 Å². The molecule has 11 heteroatoms. The third kappa shape index (κ3) is 5.27. The van der Waals surface area contributed by atoms with E-state index in [1.54, 1.807) is 24.3 Å². The maximum Gasteiger partial charge on any atom is 0.335 e. The second kappa shape index (κ2) is 11.1. The Labute approximate surface area is 260 Å². The van der Waals surface area contributed by atoms with Crippen molar-refractivity contribution in [1.29, 1.82) is 0 Å². The van der Waals surface area contributed by atoms with E-state index in [-0.39, 0.29) is 56.9 Å². The van der Waals surface area contributed by atoms with Crippen LogP contribution in [-0.2, 0) is 23.5 Å². The predicted molar refractivity (Wildman–Crippen MR) is 160 cm³/mol. The molecule has 230 valence electrons. The number of nitrogens with zero attached hydrogens (tertiary/aromatic N) is 2. The fraction of sp³-hybridized carbons (Fsp3) is 0.235. The standard InChI is InChI=1S/C34H26ClF3N2O5/c1-34(24-9-8-20(35)15-27(24)38)44-30-6-2-5-22(32(30)45-34)23-16-25(36)19(12-26(23)37)14-31-39-28-10-7-18(33(41)42)13-29(28)40(31)17-21-4-3-11-43-21/h2,5-10,12-13,15-16,21H,3-4,11,14,17H2,1H3,(H,41,42)/t21-,34?/m0/s1. The molecule has 45 heavy (non-hydrogen) atoms. The van der Waals surface area contributed by atoms with Crippen LogP contribution in [0.3, 0.4) is 0 Å². The van der Waals surface area contributed by atoms with Crippen molar-refractivity contribution in [2.45, 2.75) is 44.6 Å². The van der Waals surface area contributed by atoms with Crippen LogP contribution in [0.15, 0.2) is 66.7 Å². The second-order valence-electron chi connectivity index (χ2n) is 11.3. The summed E-state index contributed by atoms with van der Waals surface area (Å²) in [5, 5.41) is 9.74. The Morgan fingerprint density at radius 2 is 1.87 bits per heavy atom. The molecule has 0 radical (unpaired) electrons. The summed E-state index contributed by atoms with van der Waals surface area (Å²) in [6, 6.07) is 15.7. The molecule has 1 fully saturated rings. The molecule has 0 aliphatic carbocycles. The van der Waals surface area contributed by atoms with E-state index in [9.17, 15) is 14.3 Å². The SMILES string of the molecule is CC1(c2ccc(Cl)cc2F)Oc2cccc(-c3cc(F)c(Cc4nc5ccc(C(=O)O)cc5n4C[C@@H]4CCCO4)cc3F)c2O1. The van der Waals surface area contributed by atoms with Crippen LogP contribution in [-0.4, -0.2) is 33.3 Å². The quantitative estimate of drug-likeness (QED) is 0.196. The van der Waals surface area contributed by atoms with Gasteiger partial charge in [-0.1, -0.05) is 23.7 Å². The number of hydrogen-bond donors (Lipinski definition) is 1. The van der Waals surface area contributed by atoms with Crippen molar-refractivity contribution in [1.82, 2.24) is 9.55 Å². The zero-order valence-electron chi connectivity index (χ0n) is 24.0. The molecule has 1 aromatic heterocycles. The van der Waals surface area contributed by atoms with Crippen molar-refractivity contribution in [2.75, 3.05) is 6.61 Å². The number of hydrogen-bond acceptors (Lipinski definition) is 5. The number of rotatable bonds is 7. The Hall–Kier alpha value is -4.54. The lowest BCUT2D eigenvalue weighted by Gasteiger charge is -2.24. The summed E-state index contributed by atoms with van der Waals surface area (Å²) >= 11 is 5.91. The minimum absolute atomic E-state index is 0.0484. The number of halogens is 4. The molecule has 1 unspecified atom stereocenters. The van der Waals surface area contributed by atoms with Crippen molar-refractivity contribution in [2.24, 2.45) is 0 Å². The number of benzene rings is 4. The fourth-order valence-electron chi connectivity index (χ4n) is 6.04. The molecule has 0 spiro atoms. The molecular weight excluding hydrogens is 609 g/mol. The van der Waals surface area contributed by atoms with E-state index in [2.05, 4.69) is 4.98 Å². The molecule has 2 atom stereocenters. The Morgan fingerprint density at radius 3 is 2.62 bits per heavy atom. The number of aromatic carboxylic acids is 1. The number of para-hydroxylation sites is 1. The van der Waals surface area contributed by atoms with Crippen LogP contribution in [0.2, 0.25) is 5.02 Å². The number of fused-ring (bicyclic) bond motifs is 2. The Kier molecular flexibility index (Phi) is 7.21. The van der Waals surface area contributed by atoms with E-state index < -0.39 is 29.2 Å². The second-order valence-corrected chi connectivity index (χ2v) is 11.7. The highest BCUT2D eigenvalue weighted by molar-refractivity contribution is 6.30. The largest absolute Gasteiger partial charge is 0.478 e. The molecule has 0 bridgehead atoms. The summed E-state index contributed by atoms with van der Waals surface area (Å²) in [6.07, 6.45) is 1.58. The van der Waals surface area contributed by atoms with Gasteiger partial charge in [-0.15, -0.1) is 0 Å². The molecule has 0 saturated carbocycles. The first-order chi connectivity index (χ1) is 21.6. The summed E-state index contributed by atoms with van der Waals surface area (Å²) in [5.74, 6) is -3.80. The van der Waals surface area contributed by atoms with Gasteiger partial charge in [-0.05, 0) is 73.0 Å². The van der Waals surface area contributed by atoms with Gasteiger partial charge in [0.2, 0.25) is 0 Å². The van der Waals surface area contributed by atoms with Gasteiger partial charge in [0.05, 0.1) is 34.8 Å². The Bertz CT molecular complexity index is 1990. The van der Waals surface area contributed by atoms with Gasteiger partial charge in [0.1, 0.15) is 23.3 Å². The molecule has 2 aliphatic rings. The maximum atomic E-state index is 15.8. The first kappa shape index (κ1) is 29.2. The third-order valence-electron chi connectivity index (χ3n) is 8.26. The van der Waals surface area contributed by atoms with Gasteiger partial charge in [0, 0.05) is 36.1 Å². The number of imidazole rings is 1. The monoisotopic (exact) mass is 634 g/mol. The number of ether oxygens (including phenoxy) is 3. The van der Waals surface area contributed by atoms with Crippen LogP contribution in [0.5, 0.6) is 11.5 Å². The van der Waals surface area contributed by atoms with E-state index in [1.165, 1.54) is 31.2 Å². The van der Waals surface area contributed by atoms with E-state index >= 15 is 8.78 Å². The van der Waals surface area contributed by atoms with E-state index in [0.717, 1.165) is 31.0 Å². The van der Waals surface area contributed by atoms with Crippen LogP contribution < -0.4 is 9.47 Å². The van der Waals surface area contributed by atoms with Gasteiger partial charge in [-0.3, -0.25) is 0 Å². The average Bonchev–Trinajstić information content (AvgIpc) is 3.72. The first-order valence-electron chi connectivity index (χ1n) is 14.4. The molecule has 4 aromatic carbocycles. The molecular formula is C34H26ClF3N2O5. The number of carboxylic acids is 1. The van der Waals surface area contributed by atoms with Gasteiger partial charge in [-0.25, -0.2) is 22.9 Å². The van der Waals surface area contributed by atoms with Gasteiger partial charge >= 0.3 is 5.97 Å². The highest BCUT2D eigenvalue weighted by Crippen LogP contribution is 2.50. The van der Waals surface area contributed by atoms with Crippen LogP contribution in [0.25, 0.3) is 22.2 Å². The summed E-state index contributed by atoms with van der Waals surface area (Å²) in [5.41, 5.74) is 1.56. The van der Waals surface area contributed by atoms with Crippen LogP contribution in [0.4, 0.5) is 13.2 Å². The first-order valence-corrected chi connectivity index (χ1v) is 14.8. The zero-order chi connectivity index (χ0) is 31.5. The third-order valence-corrected chi connectivity index (χ3v) is 8.50. The zero-order valence-corrected chi connectivity index (χ0v) is 24.7. The molecule has 7 rings (SSSR count). The van der Waals surface area contributed by atoms with Crippen LogP contribution in [0, 0.1) is 17.5 Å².